The first kappa shape index (κ1) is 17.2. The fraction of sp³-hybridized carbons (Fsp3) is 0.769. The highest BCUT2D eigenvalue weighted by molar-refractivity contribution is 5.86. The third kappa shape index (κ3) is 5.58. The molecule has 1 unspecified atom stereocenters. The number of carbonyl (C=O) groups excluding carboxylic acids is 2. The maximum atomic E-state index is 12.2. The zero-order valence-corrected chi connectivity index (χ0v) is 12.5. The number of carboxylic acid groups (broad SMARTS) is 1. The van der Waals surface area contributed by atoms with Crippen LogP contribution in [-0.4, -0.2) is 71.6 Å². The Bertz CT molecular complexity index is 400. The van der Waals surface area contributed by atoms with E-state index >= 15 is 0 Å². The van der Waals surface area contributed by atoms with Crippen LogP contribution < -0.4 is 11.1 Å². The first-order valence-electron chi connectivity index (χ1n) is 7.10. The standard InChI is InChI=1S/C13H24N4O4/c1-9(2)11(12(14)20)15-13(21)17-5-3-4-16(6-7-17)8-10(18)19/h9,11H,3-8H2,1-2H3,(H2,14,20)(H,15,21)(H,18,19). The maximum Gasteiger partial charge on any atom is 0.318 e. The molecule has 0 aromatic heterocycles. The van der Waals surface area contributed by atoms with E-state index in [1.807, 2.05) is 13.8 Å². The van der Waals surface area contributed by atoms with E-state index in [0.29, 0.717) is 32.6 Å². The van der Waals surface area contributed by atoms with Crippen LogP contribution in [0.4, 0.5) is 4.79 Å². The fourth-order valence-electron chi connectivity index (χ4n) is 2.31. The molecule has 3 amide bonds. The summed E-state index contributed by atoms with van der Waals surface area (Å²) in [5, 5.41) is 11.4. The van der Waals surface area contributed by atoms with Gasteiger partial charge >= 0.3 is 12.0 Å². The molecule has 1 heterocycles. The van der Waals surface area contributed by atoms with Crippen LogP contribution in [0, 0.1) is 5.92 Å². The van der Waals surface area contributed by atoms with Crippen molar-refractivity contribution in [3.05, 3.63) is 0 Å². The molecule has 1 fully saturated rings. The van der Waals surface area contributed by atoms with Crippen LogP contribution in [0.3, 0.4) is 0 Å². The Morgan fingerprint density at radius 2 is 1.86 bits per heavy atom. The number of amides is 3. The van der Waals surface area contributed by atoms with Gasteiger partial charge in [-0.05, 0) is 12.3 Å². The average molecular weight is 300 g/mol. The van der Waals surface area contributed by atoms with Crippen molar-refractivity contribution >= 4 is 17.9 Å². The van der Waals surface area contributed by atoms with E-state index in [9.17, 15) is 14.4 Å². The molecule has 4 N–H and O–H groups in total. The molecule has 0 aromatic carbocycles. The summed E-state index contributed by atoms with van der Waals surface area (Å²) in [6.07, 6.45) is 0.698. The van der Waals surface area contributed by atoms with Crippen LogP contribution in [-0.2, 0) is 9.59 Å². The van der Waals surface area contributed by atoms with E-state index in [1.54, 1.807) is 9.80 Å². The van der Waals surface area contributed by atoms with E-state index in [2.05, 4.69) is 5.32 Å². The van der Waals surface area contributed by atoms with Gasteiger partial charge in [-0.1, -0.05) is 13.8 Å². The monoisotopic (exact) mass is 300 g/mol. The molecule has 21 heavy (non-hydrogen) atoms. The van der Waals surface area contributed by atoms with Crippen molar-refractivity contribution in [1.29, 1.82) is 0 Å². The molecule has 0 aliphatic carbocycles. The Balaban J connectivity index is 2.55. The van der Waals surface area contributed by atoms with Gasteiger partial charge in [0.1, 0.15) is 6.04 Å². The second-order valence-corrected chi connectivity index (χ2v) is 5.58. The molecule has 1 atom stereocenters. The van der Waals surface area contributed by atoms with Gasteiger partial charge < -0.3 is 21.1 Å². The van der Waals surface area contributed by atoms with Crippen molar-refractivity contribution in [2.24, 2.45) is 11.7 Å². The lowest BCUT2D eigenvalue weighted by Crippen LogP contribution is -2.52. The van der Waals surface area contributed by atoms with Gasteiger partial charge in [-0.2, -0.15) is 0 Å². The van der Waals surface area contributed by atoms with E-state index < -0.39 is 17.9 Å². The summed E-state index contributed by atoms with van der Waals surface area (Å²) in [6.45, 7) is 5.71. The van der Waals surface area contributed by atoms with Gasteiger partial charge in [-0.25, -0.2) is 4.79 Å². The minimum Gasteiger partial charge on any atom is -0.480 e. The molecular weight excluding hydrogens is 276 g/mol. The Kier molecular flexibility index (Phi) is 6.41. The van der Waals surface area contributed by atoms with E-state index in [-0.39, 0.29) is 18.5 Å². The number of urea groups is 1. The average Bonchev–Trinajstić information content (AvgIpc) is 2.59. The number of carboxylic acids is 1. The zero-order chi connectivity index (χ0) is 16.0. The predicted octanol–water partition coefficient (Wildman–Crippen LogP) is -0.702. The van der Waals surface area contributed by atoms with Crippen LogP contribution in [0.5, 0.6) is 0 Å². The smallest absolute Gasteiger partial charge is 0.318 e. The minimum atomic E-state index is -0.874. The largest absolute Gasteiger partial charge is 0.480 e. The third-order valence-corrected chi connectivity index (χ3v) is 3.49. The summed E-state index contributed by atoms with van der Waals surface area (Å²) in [7, 11) is 0. The Labute approximate surface area is 124 Å². The summed E-state index contributed by atoms with van der Waals surface area (Å²) in [4.78, 5) is 37.6. The Morgan fingerprint density at radius 3 is 2.38 bits per heavy atom. The summed E-state index contributed by atoms with van der Waals surface area (Å²) < 4.78 is 0. The summed E-state index contributed by atoms with van der Waals surface area (Å²) in [6, 6.07) is -1.03. The van der Waals surface area contributed by atoms with Crippen molar-refractivity contribution < 1.29 is 19.5 Å². The number of nitrogens with zero attached hydrogens (tertiary/aromatic N) is 2. The molecule has 1 rings (SSSR count). The predicted molar refractivity (Wildman–Crippen MR) is 76.6 cm³/mol. The van der Waals surface area contributed by atoms with Crippen molar-refractivity contribution in [3.63, 3.8) is 0 Å². The first-order valence-corrected chi connectivity index (χ1v) is 7.10. The third-order valence-electron chi connectivity index (χ3n) is 3.49. The number of nitrogens with two attached hydrogens (primary N) is 1. The highest BCUT2D eigenvalue weighted by atomic mass is 16.4. The molecule has 1 saturated heterocycles. The van der Waals surface area contributed by atoms with Gasteiger partial charge in [-0.15, -0.1) is 0 Å². The van der Waals surface area contributed by atoms with Crippen molar-refractivity contribution in [1.82, 2.24) is 15.1 Å². The first-order chi connectivity index (χ1) is 9.81. The quantitative estimate of drug-likeness (QED) is 0.621. The minimum absolute atomic E-state index is 0.0225. The molecule has 8 heteroatoms. The number of aliphatic carboxylic acids is 1. The van der Waals surface area contributed by atoms with Gasteiger partial charge in [0.2, 0.25) is 5.91 Å². The van der Waals surface area contributed by atoms with Crippen LogP contribution in [0.2, 0.25) is 0 Å². The molecule has 8 nitrogen and oxygen atoms in total. The molecule has 1 aliphatic rings. The number of hydrogen-bond acceptors (Lipinski definition) is 4. The van der Waals surface area contributed by atoms with Gasteiger partial charge in [0.05, 0.1) is 6.54 Å². The number of carbonyl (C=O) groups is 3. The normalized spacial score (nSPS) is 18.1. The van der Waals surface area contributed by atoms with Gasteiger partial charge in [-0.3, -0.25) is 14.5 Å². The zero-order valence-electron chi connectivity index (χ0n) is 12.5. The lowest BCUT2D eigenvalue weighted by molar-refractivity contribution is -0.138. The number of primary amides is 1. The van der Waals surface area contributed by atoms with Crippen molar-refractivity contribution in [2.45, 2.75) is 26.3 Å². The number of nitrogens with one attached hydrogen (secondary N) is 1. The lowest BCUT2D eigenvalue weighted by atomic mass is 10.0. The van der Waals surface area contributed by atoms with Crippen LogP contribution in [0.1, 0.15) is 20.3 Å². The highest BCUT2D eigenvalue weighted by Crippen LogP contribution is 2.06. The summed E-state index contributed by atoms with van der Waals surface area (Å²) in [5.41, 5.74) is 5.28. The van der Waals surface area contributed by atoms with Gasteiger partial charge in [0.25, 0.3) is 0 Å². The van der Waals surface area contributed by atoms with Gasteiger partial charge in [0, 0.05) is 26.2 Å². The van der Waals surface area contributed by atoms with E-state index in [0.717, 1.165) is 0 Å². The molecule has 0 aromatic rings. The maximum absolute atomic E-state index is 12.2. The number of hydrogen-bond donors (Lipinski definition) is 3. The second-order valence-electron chi connectivity index (χ2n) is 5.58. The van der Waals surface area contributed by atoms with E-state index in [1.165, 1.54) is 0 Å². The van der Waals surface area contributed by atoms with Gasteiger partial charge in [0.15, 0.2) is 0 Å². The molecular formula is C13H24N4O4. The SMILES string of the molecule is CC(C)C(NC(=O)N1CCCN(CC(=O)O)CC1)C(N)=O. The summed E-state index contributed by atoms with van der Waals surface area (Å²) in [5.74, 6) is -1.51. The Hall–Kier alpha value is -1.83. The molecule has 0 radical (unpaired) electrons. The fourth-order valence-corrected chi connectivity index (χ4v) is 2.31. The van der Waals surface area contributed by atoms with Crippen LogP contribution in [0.25, 0.3) is 0 Å². The second kappa shape index (κ2) is 7.82. The molecule has 0 bridgehead atoms. The van der Waals surface area contributed by atoms with Crippen molar-refractivity contribution in [2.75, 3.05) is 32.7 Å². The molecule has 0 saturated carbocycles. The summed E-state index contributed by atoms with van der Waals surface area (Å²) >= 11 is 0. The Morgan fingerprint density at radius 1 is 1.19 bits per heavy atom. The molecule has 1 aliphatic heterocycles. The van der Waals surface area contributed by atoms with Crippen molar-refractivity contribution in [3.8, 4) is 0 Å². The molecule has 0 spiro atoms. The lowest BCUT2D eigenvalue weighted by Gasteiger charge is -2.25. The topological polar surface area (TPSA) is 116 Å². The van der Waals surface area contributed by atoms with Crippen LogP contribution in [0.15, 0.2) is 0 Å². The van der Waals surface area contributed by atoms with E-state index in [4.69, 9.17) is 10.8 Å². The molecule has 120 valence electrons. The van der Waals surface area contributed by atoms with Crippen LogP contribution >= 0.6 is 0 Å². The number of rotatable bonds is 5. The highest BCUT2D eigenvalue weighted by Gasteiger charge is 2.26.